The van der Waals surface area contributed by atoms with E-state index >= 15 is 0 Å². The quantitative estimate of drug-likeness (QED) is 0.157. The van der Waals surface area contributed by atoms with Crippen molar-refractivity contribution < 1.29 is 9.90 Å². The Morgan fingerprint density at radius 2 is 0.808 bits per heavy atom. The Labute approximate surface area is 164 Å². The summed E-state index contributed by atoms with van der Waals surface area (Å²) in [5.41, 5.74) is 0. The van der Waals surface area contributed by atoms with Crippen molar-refractivity contribution in [3.63, 3.8) is 0 Å². The van der Waals surface area contributed by atoms with Gasteiger partial charge in [0.1, 0.15) is 12.4 Å². The molecule has 2 heteroatoms. The van der Waals surface area contributed by atoms with Crippen LogP contribution in [0.4, 0.5) is 0 Å². The number of aliphatic hydroxyl groups excluding tert-OH is 1. The van der Waals surface area contributed by atoms with Gasteiger partial charge in [0, 0.05) is 0 Å². The monoisotopic (exact) mass is 368 g/mol. The van der Waals surface area contributed by atoms with E-state index < -0.39 is 6.10 Å². The average molecular weight is 369 g/mol. The molecule has 2 nitrogen and oxygen atoms in total. The number of carbonyl (C=O) groups excluding carboxylic acids is 1. The Kier molecular flexibility index (Phi) is 22.3. The summed E-state index contributed by atoms with van der Waals surface area (Å²) in [6, 6.07) is 0. The van der Waals surface area contributed by atoms with Gasteiger partial charge in [-0.05, 0) is 6.42 Å². The molecule has 0 fully saturated rings. The predicted octanol–water partition coefficient (Wildman–Crippen LogP) is 7.76. The molecule has 0 amide bonds. The summed E-state index contributed by atoms with van der Waals surface area (Å²) in [7, 11) is 0. The van der Waals surface area contributed by atoms with Crippen LogP contribution >= 0.6 is 0 Å². The first kappa shape index (κ1) is 25.6. The highest BCUT2D eigenvalue weighted by Gasteiger charge is 2.00. The van der Waals surface area contributed by atoms with E-state index in [-0.39, 0.29) is 0 Å². The summed E-state index contributed by atoms with van der Waals surface area (Å²) in [5.74, 6) is 0. The summed E-state index contributed by atoms with van der Waals surface area (Å²) in [4.78, 5) is 10.3. The highest BCUT2D eigenvalue weighted by Crippen LogP contribution is 2.15. The molecule has 0 aromatic carbocycles. The minimum atomic E-state index is -0.731. The molecular formula is C24H48O2. The van der Waals surface area contributed by atoms with E-state index in [4.69, 9.17) is 5.11 Å². The summed E-state index contributed by atoms with van der Waals surface area (Å²) in [5, 5.41) is 9.14. The first-order valence-corrected chi connectivity index (χ1v) is 11.9. The van der Waals surface area contributed by atoms with Crippen molar-refractivity contribution in [2.45, 2.75) is 148 Å². The first-order valence-electron chi connectivity index (χ1n) is 11.9. The SMILES string of the molecule is CCCCCCCCCCCCCCCCCCCCCCC(O)C=O. The third kappa shape index (κ3) is 21.7. The summed E-state index contributed by atoms with van der Waals surface area (Å²) >= 11 is 0. The molecule has 0 rings (SSSR count). The summed E-state index contributed by atoms with van der Waals surface area (Å²) in [6.07, 6.45) is 28.1. The van der Waals surface area contributed by atoms with Gasteiger partial charge in [0.05, 0.1) is 0 Å². The standard InChI is InChI=1S/C24H48O2/c1-2-3-4-5-6-7-8-9-10-11-12-13-14-15-16-17-18-19-20-21-22-24(26)23-25/h23-24,26H,2-22H2,1H3. The van der Waals surface area contributed by atoms with E-state index in [0.717, 1.165) is 12.8 Å². The smallest absolute Gasteiger partial charge is 0.148 e. The van der Waals surface area contributed by atoms with Crippen LogP contribution in [0.1, 0.15) is 142 Å². The van der Waals surface area contributed by atoms with E-state index in [1.54, 1.807) is 0 Å². The highest BCUT2D eigenvalue weighted by atomic mass is 16.3. The first-order chi connectivity index (χ1) is 12.8. The molecule has 1 atom stereocenters. The molecule has 0 aliphatic rings. The number of hydrogen-bond acceptors (Lipinski definition) is 2. The van der Waals surface area contributed by atoms with Crippen LogP contribution in [0.25, 0.3) is 0 Å². The number of rotatable bonds is 22. The van der Waals surface area contributed by atoms with Crippen LogP contribution in [-0.4, -0.2) is 17.5 Å². The second kappa shape index (κ2) is 22.7. The number of aldehydes is 1. The lowest BCUT2D eigenvalue weighted by Crippen LogP contribution is -2.06. The Balaban J connectivity index is 3.00. The maximum atomic E-state index is 10.3. The van der Waals surface area contributed by atoms with Crippen LogP contribution in [0.15, 0.2) is 0 Å². The van der Waals surface area contributed by atoms with Crippen LogP contribution in [0.5, 0.6) is 0 Å². The lowest BCUT2D eigenvalue weighted by molar-refractivity contribution is -0.115. The summed E-state index contributed by atoms with van der Waals surface area (Å²) < 4.78 is 0. The van der Waals surface area contributed by atoms with E-state index in [9.17, 15) is 4.79 Å². The van der Waals surface area contributed by atoms with Crippen molar-refractivity contribution >= 4 is 6.29 Å². The van der Waals surface area contributed by atoms with Crippen molar-refractivity contribution in [2.75, 3.05) is 0 Å². The fraction of sp³-hybridized carbons (Fsp3) is 0.958. The minimum absolute atomic E-state index is 0.641. The van der Waals surface area contributed by atoms with Crippen molar-refractivity contribution in [3.05, 3.63) is 0 Å². The fourth-order valence-electron chi connectivity index (χ4n) is 3.68. The largest absolute Gasteiger partial charge is 0.386 e. The van der Waals surface area contributed by atoms with Crippen LogP contribution < -0.4 is 0 Å². The van der Waals surface area contributed by atoms with E-state index in [2.05, 4.69) is 6.92 Å². The molecule has 1 unspecified atom stereocenters. The molecule has 0 aromatic rings. The second-order valence-electron chi connectivity index (χ2n) is 8.21. The van der Waals surface area contributed by atoms with Crippen LogP contribution in [0.2, 0.25) is 0 Å². The number of hydrogen-bond donors (Lipinski definition) is 1. The fourth-order valence-corrected chi connectivity index (χ4v) is 3.68. The third-order valence-corrected chi connectivity index (χ3v) is 5.51. The molecule has 0 spiro atoms. The molecular weight excluding hydrogens is 320 g/mol. The number of unbranched alkanes of at least 4 members (excludes halogenated alkanes) is 19. The third-order valence-electron chi connectivity index (χ3n) is 5.51. The zero-order valence-corrected chi connectivity index (χ0v) is 17.9. The van der Waals surface area contributed by atoms with Gasteiger partial charge < -0.3 is 9.90 Å². The molecule has 156 valence electrons. The van der Waals surface area contributed by atoms with Gasteiger partial charge in [0.2, 0.25) is 0 Å². The topological polar surface area (TPSA) is 37.3 Å². The lowest BCUT2D eigenvalue weighted by atomic mass is 10.0. The highest BCUT2D eigenvalue weighted by molar-refractivity contribution is 5.55. The lowest BCUT2D eigenvalue weighted by Gasteiger charge is -2.04. The van der Waals surface area contributed by atoms with Crippen molar-refractivity contribution in [1.82, 2.24) is 0 Å². The maximum absolute atomic E-state index is 10.3. The number of aliphatic hydroxyl groups is 1. The molecule has 0 aromatic heterocycles. The van der Waals surface area contributed by atoms with Crippen molar-refractivity contribution in [1.29, 1.82) is 0 Å². The van der Waals surface area contributed by atoms with Crippen LogP contribution in [-0.2, 0) is 4.79 Å². The maximum Gasteiger partial charge on any atom is 0.148 e. The van der Waals surface area contributed by atoms with Gasteiger partial charge in [-0.15, -0.1) is 0 Å². The Bertz CT molecular complexity index is 265. The molecule has 0 radical (unpaired) electrons. The average Bonchev–Trinajstić information content (AvgIpc) is 2.66. The molecule has 1 N–H and O–H groups in total. The minimum Gasteiger partial charge on any atom is -0.386 e. The van der Waals surface area contributed by atoms with Gasteiger partial charge in [-0.2, -0.15) is 0 Å². The van der Waals surface area contributed by atoms with E-state index in [1.165, 1.54) is 116 Å². The van der Waals surface area contributed by atoms with Gasteiger partial charge >= 0.3 is 0 Å². The summed E-state index contributed by atoms with van der Waals surface area (Å²) in [6.45, 7) is 2.29. The second-order valence-corrected chi connectivity index (χ2v) is 8.21. The van der Waals surface area contributed by atoms with Gasteiger partial charge in [0.25, 0.3) is 0 Å². The van der Waals surface area contributed by atoms with Gasteiger partial charge in [-0.3, -0.25) is 0 Å². The van der Waals surface area contributed by atoms with E-state index in [1.807, 2.05) is 0 Å². The molecule has 0 aliphatic carbocycles. The van der Waals surface area contributed by atoms with Crippen LogP contribution in [0, 0.1) is 0 Å². The van der Waals surface area contributed by atoms with Crippen LogP contribution in [0.3, 0.4) is 0 Å². The molecule has 0 bridgehead atoms. The molecule has 0 heterocycles. The van der Waals surface area contributed by atoms with Gasteiger partial charge in [-0.1, -0.05) is 135 Å². The van der Waals surface area contributed by atoms with Crippen molar-refractivity contribution in [3.8, 4) is 0 Å². The zero-order chi connectivity index (χ0) is 19.1. The predicted molar refractivity (Wildman–Crippen MR) is 115 cm³/mol. The van der Waals surface area contributed by atoms with Gasteiger partial charge in [-0.25, -0.2) is 0 Å². The van der Waals surface area contributed by atoms with Gasteiger partial charge in [0.15, 0.2) is 0 Å². The molecule has 0 saturated heterocycles. The van der Waals surface area contributed by atoms with E-state index in [0.29, 0.717) is 12.7 Å². The molecule has 26 heavy (non-hydrogen) atoms. The Hall–Kier alpha value is -0.370. The zero-order valence-electron chi connectivity index (χ0n) is 17.9. The Morgan fingerprint density at radius 1 is 0.538 bits per heavy atom. The molecule has 0 aliphatic heterocycles. The normalized spacial score (nSPS) is 12.4. The number of carbonyl (C=O) groups is 1. The van der Waals surface area contributed by atoms with Crippen molar-refractivity contribution in [2.24, 2.45) is 0 Å². The Morgan fingerprint density at radius 3 is 1.08 bits per heavy atom. The molecule has 0 saturated carbocycles.